The number of rotatable bonds is 26. The van der Waals surface area contributed by atoms with Crippen molar-refractivity contribution in [3.05, 3.63) is 178 Å². The maximum Gasteiger partial charge on any atom is 0.417 e. The van der Waals surface area contributed by atoms with Crippen molar-refractivity contribution in [2.75, 3.05) is 55.0 Å². The molecule has 6 aliphatic rings. The number of aryl methyl sites for hydroxylation is 1. The van der Waals surface area contributed by atoms with Crippen LogP contribution in [0.2, 0.25) is 0 Å². The van der Waals surface area contributed by atoms with Crippen LogP contribution in [-0.2, 0) is 43.6 Å². The van der Waals surface area contributed by atoms with Crippen LogP contribution in [0, 0.1) is 17.9 Å². The van der Waals surface area contributed by atoms with E-state index in [1.165, 1.54) is 73.3 Å². The number of nitrogens with two attached hydrogens (primary N) is 2. The molecule has 4 aliphatic heterocycles. The fourth-order valence-corrected chi connectivity index (χ4v) is 14.6. The lowest BCUT2D eigenvalue weighted by molar-refractivity contribution is -0.249. The zero-order chi connectivity index (χ0) is 91.0. The van der Waals surface area contributed by atoms with Crippen molar-refractivity contribution in [2.24, 2.45) is 5.73 Å². The molecule has 15 rings (SSSR count). The molecular formula is C86H89F6N22O12+. The number of carbonyl (C=O) groups excluding carboxylic acids is 12. The molecule has 40 heteroatoms. The molecule has 2 atom stereocenters. The summed E-state index contributed by atoms with van der Waals surface area (Å²) in [6, 6.07) is 17.9. The maximum absolute atomic E-state index is 14.4. The Morgan fingerprint density at radius 3 is 1.37 bits per heavy atom. The van der Waals surface area contributed by atoms with Gasteiger partial charge in [0, 0.05) is 117 Å². The number of carbonyl (C=O) groups is 12. The third-order valence-corrected chi connectivity index (χ3v) is 21.4. The van der Waals surface area contributed by atoms with E-state index in [0.717, 1.165) is 60.5 Å². The number of halogens is 6. The number of amides is 12. The molecule has 4 fully saturated rings. The lowest BCUT2D eigenvalue weighted by Gasteiger charge is -2.28. The summed E-state index contributed by atoms with van der Waals surface area (Å²) < 4.78 is 86.7. The first-order valence-electron chi connectivity index (χ1n) is 40.2. The molecule has 9 heterocycles. The van der Waals surface area contributed by atoms with Gasteiger partial charge >= 0.3 is 12.4 Å². The Kier molecular flexibility index (Phi) is 27.1. The monoisotopic (exact) mass is 1740 g/mol. The van der Waals surface area contributed by atoms with Gasteiger partial charge in [0.25, 0.3) is 47.3 Å². The summed E-state index contributed by atoms with van der Waals surface area (Å²) in [5, 5.41) is 37.1. The summed E-state index contributed by atoms with van der Waals surface area (Å²) in [5.41, 5.74) is 14.5. The second-order valence-electron chi connectivity index (χ2n) is 31.4. The van der Waals surface area contributed by atoms with Gasteiger partial charge in [-0.2, -0.15) is 31.9 Å². The smallest absolute Gasteiger partial charge is 0.387 e. The molecule has 2 aliphatic carbocycles. The van der Waals surface area contributed by atoms with E-state index < -0.39 is 106 Å². The van der Waals surface area contributed by atoms with E-state index in [0.29, 0.717) is 71.7 Å². The third-order valence-electron chi connectivity index (χ3n) is 21.4. The number of nitrogens with zero attached hydrogens (tertiary/aromatic N) is 9. The van der Waals surface area contributed by atoms with E-state index >= 15 is 0 Å². The highest BCUT2D eigenvalue weighted by atomic mass is 19.4. The maximum atomic E-state index is 14.4. The number of terminal acetylenes is 1. The summed E-state index contributed by atoms with van der Waals surface area (Å²) in [6.45, 7) is 8.88. The molecule has 0 bridgehead atoms. The number of aromatic nitrogens is 7. The Morgan fingerprint density at radius 1 is 0.548 bits per heavy atom. The Labute approximate surface area is 715 Å². The molecule has 12 amide bonds. The van der Waals surface area contributed by atoms with Crippen molar-refractivity contribution in [2.45, 2.75) is 159 Å². The average molecular weight is 1740 g/mol. The number of piperidine rings is 2. The van der Waals surface area contributed by atoms with Gasteiger partial charge in [-0.05, 0) is 170 Å². The average Bonchev–Trinajstić information content (AvgIpc) is 1.27. The number of hydrogen-bond donors (Lipinski definition) is 13. The lowest BCUT2D eigenvalue weighted by Crippen LogP contribution is -2.54. The van der Waals surface area contributed by atoms with E-state index in [1.54, 1.807) is 63.1 Å². The molecule has 5 aromatic heterocycles. The highest BCUT2D eigenvalue weighted by molar-refractivity contribution is 6.27. The van der Waals surface area contributed by atoms with Crippen molar-refractivity contribution >= 4 is 115 Å². The molecule has 126 heavy (non-hydrogen) atoms. The van der Waals surface area contributed by atoms with Crippen molar-refractivity contribution in [1.82, 2.24) is 76.6 Å². The van der Waals surface area contributed by atoms with Crippen LogP contribution in [0.1, 0.15) is 205 Å². The SMILES string of the molecule is C#CC(C)(C)Nc1cccc2c1C(=O)N(C1CCC(=O)NC1=O)C2=O.CNc1c(C(=O)NC2CC2)cnc2cc(C(F)(F)F)c(-c3ccc(C(=O)NCCCCN)nc3)cc12.CNc1c(C(=O)NC2CC2)cnc2cc(C(F)(F)F)c(-c3ccc(C(=O)NCCCCn4cc(C(C)(C)Nc5cccc6c5C(=O)N(C5CCC(=O)NC5=O)C6=O)nn4)nc3)cc12.N=[NH2+]. The van der Waals surface area contributed by atoms with Crippen LogP contribution in [0.15, 0.2) is 116 Å². The van der Waals surface area contributed by atoms with Crippen LogP contribution in [0.4, 0.5) is 49.1 Å². The van der Waals surface area contributed by atoms with Gasteiger partial charge in [-0.1, -0.05) is 40.9 Å². The van der Waals surface area contributed by atoms with E-state index in [4.69, 9.17) is 17.7 Å². The topological polar surface area (TPSA) is 489 Å². The lowest BCUT2D eigenvalue weighted by atomic mass is 9.96. The molecule has 4 aromatic carbocycles. The van der Waals surface area contributed by atoms with Crippen LogP contribution >= 0.6 is 0 Å². The Hall–Kier alpha value is -14.5. The standard InChI is InChI=1S/C43H42F3N11O6.C25H27F3N6O2.C18H17N3O4.H2N2/c1-42(2,53-29-8-6-7-24-35(29)41(63)57(40(24)62)32-13-14-34(58)52-39(32)61)33-21-56(55-54-33)16-5-4-15-48-38(60)30-12-9-22(19-49-30)25-17-26-31(18-28(25)43(44,45)46)50-20-27(36(26)47-3)37(59)51-23-10-11-23;1-30-22-17-10-16(14-4-7-20(32-12-14)24(36)31-9-3-2-8-29)19(25(26,27)28)11-21(17)33-13-18(22)23(35)34-15-5-6-15;1-4-18(2,3)20-11-7-5-6-10-14(11)17(25)21(16(10)24)12-8-9-13(22)19-15(12)23;1-2/h6-9,12,17-21,23,32,53H,4-5,10-11,13-16H2,1-3H3,(H,47,50)(H,48,60)(H,51,59)(H,52,58,61);4,7,10-13,15H,2-3,5-6,8-9,29H2,1H3,(H,30,33)(H,31,36)(H,34,35);1,5-7,12,20H,8-9H2,2-3H3,(H,19,22,23);1-2H/p+1. The highest BCUT2D eigenvalue weighted by Crippen LogP contribution is 2.45. The summed E-state index contributed by atoms with van der Waals surface area (Å²) in [6.07, 6.45) is 9.22. The number of unbranched alkanes of at least 4 members (excludes halogenated alkanes) is 2. The first kappa shape index (κ1) is 90.7. The van der Waals surface area contributed by atoms with Crippen molar-refractivity contribution in [1.29, 1.82) is 5.53 Å². The fraction of sp³-hybridized carbons (Fsp3) is 0.349. The predicted octanol–water partition coefficient (Wildman–Crippen LogP) is 8.21. The predicted molar refractivity (Wildman–Crippen MR) is 446 cm³/mol. The minimum absolute atomic E-state index is 0.00951. The summed E-state index contributed by atoms with van der Waals surface area (Å²) in [5.74, 6) is -3.61. The van der Waals surface area contributed by atoms with Crippen LogP contribution in [0.5, 0.6) is 0 Å². The van der Waals surface area contributed by atoms with Gasteiger partial charge in [0.15, 0.2) is 0 Å². The van der Waals surface area contributed by atoms with Crippen LogP contribution in [0.25, 0.3) is 44.1 Å². The number of imide groups is 4. The van der Waals surface area contributed by atoms with Crippen LogP contribution in [0.3, 0.4) is 0 Å². The molecule has 34 nitrogen and oxygen atoms in total. The molecule has 2 saturated heterocycles. The highest BCUT2D eigenvalue weighted by Gasteiger charge is 2.49. The van der Waals surface area contributed by atoms with Gasteiger partial charge in [0.2, 0.25) is 23.6 Å². The third kappa shape index (κ3) is 20.1. The number of fused-ring (bicyclic) bond motifs is 4. The van der Waals surface area contributed by atoms with E-state index in [9.17, 15) is 83.9 Å². The van der Waals surface area contributed by atoms with Crippen molar-refractivity contribution in [3.63, 3.8) is 0 Å². The normalized spacial score (nSPS) is 16.2. The second-order valence-corrected chi connectivity index (χ2v) is 31.4. The van der Waals surface area contributed by atoms with Gasteiger partial charge in [0.1, 0.15) is 29.2 Å². The quantitative estimate of drug-likeness (QED) is 0.00798. The number of hydrogen-bond acceptors (Lipinski definition) is 24. The Bertz CT molecular complexity index is 5890. The van der Waals surface area contributed by atoms with E-state index in [-0.39, 0.29) is 134 Å². The first-order valence-corrected chi connectivity index (χ1v) is 40.2. The summed E-state index contributed by atoms with van der Waals surface area (Å²) >= 11 is 0. The van der Waals surface area contributed by atoms with E-state index in [2.05, 4.69) is 94.9 Å². The zero-order valence-electron chi connectivity index (χ0n) is 69.0. The second kappa shape index (κ2) is 37.7. The van der Waals surface area contributed by atoms with Crippen LogP contribution < -0.4 is 64.4 Å². The fourth-order valence-electron chi connectivity index (χ4n) is 14.6. The minimum Gasteiger partial charge on any atom is -0.387 e. The van der Waals surface area contributed by atoms with Gasteiger partial charge in [0.05, 0.1) is 84.2 Å². The largest absolute Gasteiger partial charge is 0.417 e. The molecular weight excluding hydrogens is 1650 g/mol. The molecule has 656 valence electrons. The van der Waals surface area contributed by atoms with Gasteiger partial charge in [-0.15, -0.1) is 11.5 Å². The number of pyridine rings is 4. The van der Waals surface area contributed by atoms with Crippen molar-refractivity contribution in [3.8, 4) is 34.6 Å². The molecule has 2 unspecified atom stereocenters. The Balaban J connectivity index is 0.000000192. The van der Waals surface area contributed by atoms with Gasteiger partial charge in [-0.25, -0.2) is 0 Å². The van der Waals surface area contributed by atoms with Gasteiger partial charge in [-0.3, -0.25) is 103 Å². The van der Waals surface area contributed by atoms with E-state index in [1.807, 2.05) is 13.8 Å². The van der Waals surface area contributed by atoms with Crippen molar-refractivity contribution < 1.29 is 89.4 Å². The Morgan fingerprint density at radius 2 is 0.984 bits per heavy atom. The van der Waals surface area contributed by atoms with Gasteiger partial charge < -0.3 is 48.3 Å². The zero-order valence-corrected chi connectivity index (χ0v) is 69.0. The summed E-state index contributed by atoms with van der Waals surface area (Å²) in [7, 11) is 3.18. The molecule has 15 N–H and O–H groups in total. The molecule has 0 spiro atoms. The number of anilines is 4. The minimum atomic E-state index is -4.73. The number of benzene rings is 4. The molecule has 9 aromatic rings. The summed E-state index contributed by atoms with van der Waals surface area (Å²) in [4.78, 5) is 169. The number of nitrogens with one attached hydrogen (secondary N) is 11. The van der Waals surface area contributed by atoms with Crippen LogP contribution in [-0.4, -0.2) is 179 Å². The first-order chi connectivity index (χ1) is 60.0. The number of alkyl halides is 6. The molecule has 2 saturated carbocycles. The molecule has 0 radical (unpaired) electrons.